The van der Waals surface area contributed by atoms with Crippen molar-refractivity contribution in [1.29, 1.82) is 0 Å². The number of nitrogens with two attached hydrogens (primary N) is 1. The van der Waals surface area contributed by atoms with E-state index in [2.05, 4.69) is 10.1 Å². The average Bonchev–Trinajstić information content (AvgIpc) is 2.89. The molecule has 7 heteroatoms. The summed E-state index contributed by atoms with van der Waals surface area (Å²) in [5.74, 6) is -0.227. The number of fused-ring (bicyclic) bond motifs is 1. The number of hydrogen-bond donors (Lipinski definition) is 1. The Balaban J connectivity index is 2.35. The lowest BCUT2D eigenvalue weighted by atomic mass is 10.2. The van der Waals surface area contributed by atoms with E-state index >= 15 is 0 Å². The highest BCUT2D eigenvalue weighted by atomic mass is 35.5. The van der Waals surface area contributed by atoms with Crippen LogP contribution in [-0.2, 0) is 13.5 Å². The molecule has 0 spiro atoms. The summed E-state index contributed by atoms with van der Waals surface area (Å²) in [6, 6.07) is 2.81. The first-order valence-corrected chi connectivity index (χ1v) is 6.55. The van der Waals surface area contributed by atoms with Gasteiger partial charge in [-0.15, -0.1) is 0 Å². The zero-order valence-electron chi connectivity index (χ0n) is 11.1. The van der Waals surface area contributed by atoms with E-state index in [1.165, 1.54) is 12.1 Å². The van der Waals surface area contributed by atoms with E-state index in [1.807, 2.05) is 20.2 Å². The lowest BCUT2D eigenvalue weighted by Gasteiger charge is -2.05. The van der Waals surface area contributed by atoms with Gasteiger partial charge in [0.1, 0.15) is 5.82 Å². The second kappa shape index (κ2) is 4.49. The predicted molar refractivity (Wildman–Crippen MR) is 76.6 cm³/mol. The Morgan fingerprint density at radius 3 is 2.85 bits per heavy atom. The molecule has 2 aromatic heterocycles. The molecule has 0 aliphatic rings. The van der Waals surface area contributed by atoms with Gasteiger partial charge in [0.25, 0.3) is 0 Å². The molecule has 0 bridgehead atoms. The second-order valence-electron chi connectivity index (χ2n) is 4.55. The van der Waals surface area contributed by atoms with Gasteiger partial charge in [-0.2, -0.15) is 5.10 Å². The highest BCUT2D eigenvalue weighted by Gasteiger charge is 2.17. The molecule has 104 valence electrons. The summed E-state index contributed by atoms with van der Waals surface area (Å²) in [5.41, 5.74) is 8.82. The van der Waals surface area contributed by atoms with Crippen LogP contribution in [0.4, 0.5) is 10.3 Å². The predicted octanol–water partition coefficient (Wildman–Crippen LogP) is 2.70. The van der Waals surface area contributed by atoms with Crippen molar-refractivity contribution in [1.82, 2.24) is 19.3 Å². The minimum atomic E-state index is -0.509. The summed E-state index contributed by atoms with van der Waals surface area (Å²) in [7, 11) is 1.84. The third kappa shape index (κ3) is 1.84. The van der Waals surface area contributed by atoms with Crippen molar-refractivity contribution in [2.24, 2.45) is 7.05 Å². The van der Waals surface area contributed by atoms with E-state index in [9.17, 15) is 4.39 Å². The smallest absolute Gasteiger partial charge is 0.206 e. The van der Waals surface area contributed by atoms with E-state index in [1.54, 1.807) is 9.25 Å². The lowest BCUT2D eigenvalue weighted by Crippen LogP contribution is -2.02. The van der Waals surface area contributed by atoms with Gasteiger partial charge in [-0.25, -0.2) is 9.37 Å². The van der Waals surface area contributed by atoms with Gasteiger partial charge in [0, 0.05) is 19.3 Å². The average molecular weight is 294 g/mol. The largest absolute Gasteiger partial charge is 0.369 e. The normalized spacial score (nSPS) is 11.4. The van der Waals surface area contributed by atoms with Crippen molar-refractivity contribution in [3.8, 4) is 5.69 Å². The SMILES string of the molecule is CCc1nn(C)cc1-n1c(N)nc2cc(F)c(Cl)cc21. The van der Waals surface area contributed by atoms with E-state index < -0.39 is 5.82 Å². The monoisotopic (exact) mass is 293 g/mol. The molecular weight excluding hydrogens is 281 g/mol. The maximum absolute atomic E-state index is 13.5. The summed E-state index contributed by atoms with van der Waals surface area (Å²) in [6.07, 6.45) is 2.61. The van der Waals surface area contributed by atoms with E-state index in [0.717, 1.165) is 17.8 Å². The van der Waals surface area contributed by atoms with E-state index in [-0.39, 0.29) is 11.0 Å². The minimum Gasteiger partial charge on any atom is -0.369 e. The summed E-state index contributed by atoms with van der Waals surface area (Å²) in [6.45, 7) is 2.01. The van der Waals surface area contributed by atoms with Crippen LogP contribution in [0, 0.1) is 5.82 Å². The number of halogens is 2. The Bertz CT molecular complexity index is 805. The fourth-order valence-electron chi connectivity index (χ4n) is 2.31. The van der Waals surface area contributed by atoms with Crippen molar-refractivity contribution in [2.75, 3.05) is 5.73 Å². The van der Waals surface area contributed by atoms with Crippen LogP contribution in [0.15, 0.2) is 18.3 Å². The van der Waals surface area contributed by atoms with Gasteiger partial charge in [-0.3, -0.25) is 9.25 Å². The van der Waals surface area contributed by atoms with Gasteiger partial charge in [0.2, 0.25) is 5.95 Å². The Morgan fingerprint density at radius 2 is 2.15 bits per heavy atom. The van der Waals surface area contributed by atoms with Crippen molar-refractivity contribution < 1.29 is 4.39 Å². The first-order valence-electron chi connectivity index (χ1n) is 6.17. The number of nitrogens with zero attached hydrogens (tertiary/aromatic N) is 4. The van der Waals surface area contributed by atoms with Crippen molar-refractivity contribution >= 4 is 28.6 Å². The quantitative estimate of drug-likeness (QED) is 0.790. The number of nitrogen functional groups attached to an aromatic ring is 1. The second-order valence-corrected chi connectivity index (χ2v) is 4.96. The molecule has 1 aromatic carbocycles. The number of hydrogen-bond acceptors (Lipinski definition) is 3. The minimum absolute atomic E-state index is 0.0422. The van der Waals surface area contributed by atoms with E-state index in [0.29, 0.717) is 11.0 Å². The lowest BCUT2D eigenvalue weighted by molar-refractivity contribution is 0.630. The number of imidazole rings is 1. The molecule has 0 fully saturated rings. The third-order valence-corrected chi connectivity index (χ3v) is 3.47. The summed E-state index contributed by atoms with van der Waals surface area (Å²) in [4.78, 5) is 4.18. The molecule has 2 N–H and O–H groups in total. The molecule has 2 heterocycles. The fraction of sp³-hybridized carbons (Fsp3) is 0.231. The Hall–Kier alpha value is -2.08. The van der Waals surface area contributed by atoms with Gasteiger partial charge in [-0.1, -0.05) is 18.5 Å². The van der Waals surface area contributed by atoms with Crippen LogP contribution in [0.25, 0.3) is 16.7 Å². The summed E-state index contributed by atoms with van der Waals surface area (Å²) < 4.78 is 17.0. The Morgan fingerprint density at radius 1 is 1.40 bits per heavy atom. The van der Waals surface area contributed by atoms with Crippen LogP contribution < -0.4 is 5.73 Å². The molecule has 0 aliphatic carbocycles. The molecule has 0 aliphatic heterocycles. The van der Waals surface area contributed by atoms with Crippen LogP contribution >= 0.6 is 11.6 Å². The molecule has 0 saturated heterocycles. The van der Waals surface area contributed by atoms with Crippen LogP contribution in [-0.4, -0.2) is 19.3 Å². The molecule has 0 amide bonds. The Kier molecular flexibility index (Phi) is 2.90. The highest BCUT2D eigenvalue weighted by Crippen LogP contribution is 2.28. The van der Waals surface area contributed by atoms with E-state index in [4.69, 9.17) is 17.3 Å². The van der Waals surface area contributed by atoms with Crippen LogP contribution in [0.2, 0.25) is 5.02 Å². The fourth-order valence-corrected chi connectivity index (χ4v) is 2.46. The van der Waals surface area contributed by atoms with Gasteiger partial charge >= 0.3 is 0 Å². The number of anilines is 1. The van der Waals surface area contributed by atoms with Gasteiger partial charge < -0.3 is 5.73 Å². The summed E-state index contributed by atoms with van der Waals surface area (Å²) >= 11 is 5.86. The Labute approximate surface area is 119 Å². The zero-order valence-corrected chi connectivity index (χ0v) is 11.8. The molecular formula is C13H13ClFN5. The molecule has 3 rings (SSSR count). The first kappa shape index (κ1) is 12.9. The van der Waals surface area contributed by atoms with Crippen molar-refractivity contribution in [2.45, 2.75) is 13.3 Å². The van der Waals surface area contributed by atoms with Crippen molar-refractivity contribution in [3.63, 3.8) is 0 Å². The maximum atomic E-state index is 13.5. The maximum Gasteiger partial charge on any atom is 0.206 e. The van der Waals surface area contributed by atoms with Crippen LogP contribution in [0.5, 0.6) is 0 Å². The highest BCUT2D eigenvalue weighted by molar-refractivity contribution is 6.31. The first-order chi connectivity index (χ1) is 9.51. The zero-order chi connectivity index (χ0) is 14.4. The third-order valence-electron chi connectivity index (χ3n) is 3.18. The van der Waals surface area contributed by atoms with Crippen LogP contribution in [0.1, 0.15) is 12.6 Å². The molecule has 0 saturated carbocycles. The number of aryl methyl sites for hydroxylation is 2. The number of benzene rings is 1. The molecule has 0 unspecified atom stereocenters. The van der Waals surface area contributed by atoms with Gasteiger partial charge in [0.15, 0.2) is 0 Å². The summed E-state index contributed by atoms with van der Waals surface area (Å²) in [5, 5.41) is 4.42. The molecule has 5 nitrogen and oxygen atoms in total. The number of rotatable bonds is 2. The standard InChI is InChI=1S/C13H13ClFN5/c1-3-9-12(6-19(2)18-9)20-11-4-7(14)8(15)5-10(11)17-13(20)16/h4-6H,3H2,1-2H3,(H2,16,17). The number of aromatic nitrogens is 4. The van der Waals surface area contributed by atoms with Crippen molar-refractivity contribution in [3.05, 3.63) is 34.9 Å². The topological polar surface area (TPSA) is 61.7 Å². The van der Waals surface area contributed by atoms with Gasteiger partial charge in [0.05, 0.1) is 27.4 Å². The van der Waals surface area contributed by atoms with Crippen LogP contribution in [0.3, 0.4) is 0 Å². The molecule has 0 atom stereocenters. The van der Waals surface area contributed by atoms with Gasteiger partial charge in [-0.05, 0) is 12.5 Å². The molecule has 3 aromatic rings. The molecule has 0 radical (unpaired) electrons. The molecule has 20 heavy (non-hydrogen) atoms.